The Labute approximate surface area is 230 Å². The SMILES string of the molecule is CCc1c(C2=CCNCC2(F)F)c(=O)n2nc(C3=CCOCC3)nc2n1CC(=O)Nc1ccc(C(F)(F)F)cc1C. The average molecular weight is 579 g/mol. The summed E-state index contributed by atoms with van der Waals surface area (Å²) in [5.74, 6) is -3.82. The molecule has 1 aromatic carbocycles. The Hall–Kier alpha value is -3.91. The molecule has 3 aromatic rings. The molecule has 0 atom stereocenters. The van der Waals surface area contributed by atoms with Crippen molar-refractivity contribution in [3.05, 3.63) is 68.9 Å². The van der Waals surface area contributed by atoms with Crippen LogP contribution in [0.5, 0.6) is 0 Å². The summed E-state index contributed by atoms with van der Waals surface area (Å²) in [6.45, 7) is 2.83. The molecule has 5 rings (SSSR count). The van der Waals surface area contributed by atoms with Crippen LogP contribution in [0.2, 0.25) is 0 Å². The molecule has 0 unspecified atom stereocenters. The van der Waals surface area contributed by atoms with E-state index in [1.165, 1.54) is 17.6 Å². The predicted molar refractivity (Wildman–Crippen MR) is 141 cm³/mol. The summed E-state index contributed by atoms with van der Waals surface area (Å²) in [6, 6.07) is 2.92. The first-order chi connectivity index (χ1) is 19.4. The van der Waals surface area contributed by atoms with E-state index in [1.807, 2.05) is 0 Å². The average Bonchev–Trinajstić information content (AvgIpc) is 3.37. The van der Waals surface area contributed by atoms with E-state index < -0.39 is 47.8 Å². The zero-order valence-electron chi connectivity index (χ0n) is 22.2. The van der Waals surface area contributed by atoms with Crippen molar-refractivity contribution in [3.8, 4) is 0 Å². The van der Waals surface area contributed by atoms with Gasteiger partial charge in [0.25, 0.3) is 11.5 Å². The van der Waals surface area contributed by atoms with E-state index in [0.717, 1.165) is 22.7 Å². The van der Waals surface area contributed by atoms with Crippen molar-refractivity contribution in [2.75, 3.05) is 31.6 Å². The third-order valence-corrected chi connectivity index (χ3v) is 7.03. The second-order valence-corrected chi connectivity index (χ2v) is 9.80. The van der Waals surface area contributed by atoms with Crippen LogP contribution in [0, 0.1) is 6.92 Å². The smallest absolute Gasteiger partial charge is 0.377 e. The molecular formula is C27H27F5N6O3. The van der Waals surface area contributed by atoms with E-state index in [2.05, 4.69) is 20.7 Å². The lowest BCUT2D eigenvalue weighted by Gasteiger charge is -2.27. The molecule has 0 saturated carbocycles. The molecule has 0 saturated heterocycles. The van der Waals surface area contributed by atoms with Gasteiger partial charge >= 0.3 is 6.18 Å². The van der Waals surface area contributed by atoms with E-state index in [-0.39, 0.29) is 47.1 Å². The minimum Gasteiger partial charge on any atom is -0.377 e. The molecule has 4 heterocycles. The Morgan fingerprint density at radius 2 is 2.02 bits per heavy atom. The lowest BCUT2D eigenvalue weighted by atomic mass is 9.95. The van der Waals surface area contributed by atoms with Crippen LogP contribution in [0.1, 0.15) is 41.6 Å². The second-order valence-electron chi connectivity index (χ2n) is 9.80. The maximum Gasteiger partial charge on any atom is 0.416 e. The normalized spacial score (nSPS) is 17.3. The molecule has 218 valence electrons. The number of aromatic nitrogens is 4. The highest BCUT2D eigenvalue weighted by molar-refractivity contribution is 5.92. The molecular weight excluding hydrogens is 551 g/mol. The zero-order valence-corrected chi connectivity index (χ0v) is 22.2. The fourth-order valence-corrected chi connectivity index (χ4v) is 5.02. The monoisotopic (exact) mass is 578 g/mol. The number of fused-ring (bicyclic) bond motifs is 1. The number of hydrogen-bond acceptors (Lipinski definition) is 6. The number of hydrogen-bond donors (Lipinski definition) is 2. The number of halogens is 5. The first-order valence-electron chi connectivity index (χ1n) is 13.0. The van der Waals surface area contributed by atoms with Gasteiger partial charge in [-0.3, -0.25) is 9.59 Å². The molecule has 2 aromatic heterocycles. The van der Waals surface area contributed by atoms with Crippen molar-refractivity contribution in [1.29, 1.82) is 0 Å². The van der Waals surface area contributed by atoms with Crippen LogP contribution < -0.4 is 16.2 Å². The summed E-state index contributed by atoms with van der Waals surface area (Å²) in [4.78, 5) is 31.5. The number of nitrogens with zero attached hydrogens (tertiary/aromatic N) is 4. The molecule has 9 nitrogen and oxygen atoms in total. The number of carbonyl (C=O) groups is 1. The van der Waals surface area contributed by atoms with Crippen LogP contribution in [0.3, 0.4) is 0 Å². The van der Waals surface area contributed by atoms with Gasteiger partial charge in [-0.25, -0.2) is 0 Å². The number of alkyl halides is 5. The number of nitrogens with one attached hydrogen (secondary N) is 2. The summed E-state index contributed by atoms with van der Waals surface area (Å²) in [6.07, 6.45) is -0.954. The number of amides is 1. The summed E-state index contributed by atoms with van der Waals surface area (Å²) in [5.41, 5.74) is -1.16. The maximum atomic E-state index is 15.1. The van der Waals surface area contributed by atoms with Gasteiger partial charge in [0.05, 0.1) is 30.9 Å². The first-order valence-corrected chi connectivity index (χ1v) is 13.0. The van der Waals surface area contributed by atoms with E-state index in [1.54, 1.807) is 13.0 Å². The Balaban J connectivity index is 1.63. The molecule has 2 N–H and O–H groups in total. The minimum atomic E-state index is -4.54. The van der Waals surface area contributed by atoms with Crippen molar-refractivity contribution in [2.24, 2.45) is 0 Å². The van der Waals surface area contributed by atoms with E-state index in [4.69, 9.17) is 4.74 Å². The number of rotatable bonds is 6. The van der Waals surface area contributed by atoms with Crippen LogP contribution in [-0.4, -0.2) is 57.3 Å². The van der Waals surface area contributed by atoms with Crippen LogP contribution in [0.4, 0.5) is 27.6 Å². The Morgan fingerprint density at radius 1 is 1.24 bits per heavy atom. The minimum absolute atomic E-state index is 0.0184. The summed E-state index contributed by atoms with van der Waals surface area (Å²) in [7, 11) is 0. The van der Waals surface area contributed by atoms with Gasteiger partial charge in [0.1, 0.15) is 6.54 Å². The highest BCUT2D eigenvalue weighted by atomic mass is 19.4. The van der Waals surface area contributed by atoms with Gasteiger partial charge in [-0.2, -0.15) is 31.5 Å². The second kappa shape index (κ2) is 10.8. The largest absolute Gasteiger partial charge is 0.416 e. The topological polar surface area (TPSA) is 103 Å². The van der Waals surface area contributed by atoms with Gasteiger partial charge < -0.3 is 19.9 Å². The molecule has 0 fully saturated rings. The van der Waals surface area contributed by atoms with Crippen molar-refractivity contribution in [1.82, 2.24) is 24.5 Å². The van der Waals surface area contributed by atoms with Gasteiger partial charge in [-0.1, -0.05) is 19.1 Å². The van der Waals surface area contributed by atoms with E-state index in [9.17, 15) is 22.8 Å². The Morgan fingerprint density at radius 3 is 2.66 bits per heavy atom. The van der Waals surface area contributed by atoms with Crippen LogP contribution >= 0.6 is 0 Å². The maximum absolute atomic E-state index is 15.1. The molecule has 2 aliphatic rings. The quantitative estimate of drug-likeness (QED) is 0.431. The standard InChI is InChI=1S/C27H27F5N6O3/c1-3-20-22(18-6-9-33-14-26(18,28)29)24(40)38-25(35-23(36-38)16-7-10-41-11-8-16)37(20)13-21(39)34-19-5-4-17(12-15(19)2)27(30,31)32/h4-7,12,33H,3,8-11,13-14H2,1-2H3,(H,34,39). The lowest BCUT2D eigenvalue weighted by Crippen LogP contribution is -2.41. The van der Waals surface area contributed by atoms with Crippen molar-refractivity contribution in [2.45, 2.75) is 45.3 Å². The fraction of sp³-hybridized carbons (Fsp3) is 0.407. The van der Waals surface area contributed by atoms with Crippen LogP contribution in [-0.2, 0) is 28.7 Å². The van der Waals surface area contributed by atoms with E-state index in [0.29, 0.717) is 25.2 Å². The lowest BCUT2D eigenvalue weighted by molar-refractivity contribution is -0.137. The third-order valence-electron chi connectivity index (χ3n) is 7.03. The number of aryl methyl sites for hydroxylation is 1. The molecule has 14 heteroatoms. The van der Waals surface area contributed by atoms with Crippen molar-refractivity contribution in [3.63, 3.8) is 0 Å². The Bertz CT molecular complexity index is 1640. The summed E-state index contributed by atoms with van der Waals surface area (Å²) >= 11 is 0. The van der Waals surface area contributed by atoms with Gasteiger partial charge in [0, 0.05) is 23.5 Å². The van der Waals surface area contributed by atoms with Crippen molar-refractivity contribution < 1.29 is 31.5 Å². The molecule has 0 radical (unpaired) electrons. The number of carbonyl (C=O) groups excluding carboxylic acids is 1. The van der Waals surface area contributed by atoms with Gasteiger partial charge in [0.15, 0.2) is 5.82 Å². The van der Waals surface area contributed by atoms with Crippen molar-refractivity contribution >= 4 is 28.5 Å². The molecule has 1 amide bonds. The van der Waals surface area contributed by atoms with Gasteiger partial charge in [-0.05, 0) is 49.1 Å². The molecule has 0 aliphatic carbocycles. The Kier molecular flexibility index (Phi) is 7.55. The number of benzene rings is 1. The number of anilines is 1. The molecule has 0 spiro atoms. The first kappa shape index (κ1) is 28.6. The van der Waals surface area contributed by atoms with E-state index >= 15 is 8.78 Å². The van der Waals surface area contributed by atoms with Crippen LogP contribution in [0.25, 0.3) is 16.9 Å². The predicted octanol–water partition coefficient (Wildman–Crippen LogP) is 3.84. The number of ether oxygens (including phenoxy) is 1. The highest BCUT2D eigenvalue weighted by Crippen LogP contribution is 2.35. The van der Waals surface area contributed by atoms with Crippen LogP contribution in [0.15, 0.2) is 35.1 Å². The summed E-state index contributed by atoms with van der Waals surface area (Å²) < 4.78 is 77.1. The van der Waals surface area contributed by atoms with Gasteiger partial charge in [-0.15, -0.1) is 5.10 Å². The molecule has 41 heavy (non-hydrogen) atoms. The summed E-state index contributed by atoms with van der Waals surface area (Å²) in [5, 5.41) is 9.51. The molecule has 2 aliphatic heterocycles. The third kappa shape index (κ3) is 5.53. The highest BCUT2D eigenvalue weighted by Gasteiger charge is 2.40. The van der Waals surface area contributed by atoms with Gasteiger partial charge in [0.2, 0.25) is 11.7 Å². The fourth-order valence-electron chi connectivity index (χ4n) is 5.02. The molecule has 0 bridgehead atoms. The zero-order chi connectivity index (χ0) is 29.5.